The summed E-state index contributed by atoms with van der Waals surface area (Å²) in [6.45, 7) is 1.25. The summed E-state index contributed by atoms with van der Waals surface area (Å²) in [6.07, 6.45) is 2.75. The molecule has 0 atom stereocenters. The maximum Gasteiger partial charge on any atom is 0.262 e. The molecule has 0 aromatic heterocycles. The van der Waals surface area contributed by atoms with Crippen molar-refractivity contribution in [1.29, 1.82) is 0 Å². The van der Waals surface area contributed by atoms with Crippen LogP contribution in [0.25, 0.3) is 0 Å². The first kappa shape index (κ1) is 19.6. The lowest BCUT2D eigenvalue weighted by molar-refractivity contribution is -0.133. The monoisotopic (exact) mass is 416 g/mol. The number of amides is 1. The number of hydrogen-bond donors (Lipinski definition) is 1. The molecule has 0 saturated heterocycles. The Hall–Kier alpha value is -2.74. The molecule has 2 aromatic carbocycles. The summed E-state index contributed by atoms with van der Waals surface area (Å²) in [5, 5.41) is 0. The highest BCUT2D eigenvalue weighted by molar-refractivity contribution is 7.92. The fourth-order valence-electron chi connectivity index (χ4n) is 3.59. The summed E-state index contributed by atoms with van der Waals surface area (Å²) in [6, 6.07) is 9.96. The molecule has 7 nitrogen and oxygen atoms in total. The van der Waals surface area contributed by atoms with Crippen molar-refractivity contribution in [2.24, 2.45) is 5.92 Å². The van der Waals surface area contributed by atoms with Crippen LogP contribution in [0.1, 0.15) is 24.0 Å². The molecule has 1 N–H and O–H groups in total. The van der Waals surface area contributed by atoms with Crippen LogP contribution < -0.4 is 14.2 Å². The first-order valence-electron chi connectivity index (χ1n) is 9.56. The summed E-state index contributed by atoms with van der Waals surface area (Å²) < 4.78 is 38.7. The Bertz CT molecular complexity index is 1050. The standard InChI is InChI=1S/C21H24N2O5S/c1-27-19-8-7-18(12-20(19)28-2)29(25,26)22-17-6-5-14-9-10-23(13-16(14)11-17)21(24)15-3-4-15/h5-8,11-12,15,22H,3-4,9-10,13H2,1-2H3. The van der Waals surface area contributed by atoms with Crippen molar-refractivity contribution in [3.63, 3.8) is 0 Å². The molecule has 1 saturated carbocycles. The second kappa shape index (κ2) is 7.59. The molecule has 0 bridgehead atoms. The first-order chi connectivity index (χ1) is 13.9. The molecule has 2 aromatic rings. The zero-order valence-corrected chi connectivity index (χ0v) is 17.3. The third-order valence-corrected chi connectivity index (χ3v) is 6.75. The largest absolute Gasteiger partial charge is 0.493 e. The van der Waals surface area contributed by atoms with Gasteiger partial charge in [-0.15, -0.1) is 0 Å². The summed E-state index contributed by atoms with van der Waals surface area (Å²) >= 11 is 0. The van der Waals surface area contributed by atoms with Gasteiger partial charge in [-0.25, -0.2) is 8.42 Å². The summed E-state index contributed by atoms with van der Waals surface area (Å²) in [5.74, 6) is 1.20. The van der Waals surface area contributed by atoms with Gasteiger partial charge in [0.05, 0.1) is 19.1 Å². The molecule has 154 valence electrons. The zero-order chi connectivity index (χ0) is 20.6. The second-order valence-electron chi connectivity index (χ2n) is 7.39. The van der Waals surface area contributed by atoms with Gasteiger partial charge < -0.3 is 14.4 Å². The molecule has 1 aliphatic carbocycles. The number of ether oxygens (including phenoxy) is 2. The van der Waals surface area contributed by atoms with Gasteiger partial charge in [0.2, 0.25) is 5.91 Å². The molecule has 1 aliphatic heterocycles. The van der Waals surface area contributed by atoms with Crippen LogP contribution in [0.4, 0.5) is 5.69 Å². The number of methoxy groups -OCH3 is 2. The lowest BCUT2D eigenvalue weighted by atomic mass is 9.99. The van der Waals surface area contributed by atoms with E-state index in [4.69, 9.17) is 9.47 Å². The highest BCUT2D eigenvalue weighted by atomic mass is 32.2. The van der Waals surface area contributed by atoms with E-state index in [0.29, 0.717) is 23.7 Å². The van der Waals surface area contributed by atoms with Crippen LogP contribution in [0.15, 0.2) is 41.3 Å². The van der Waals surface area contributed by atoms with Crippen molar-refractivity contribution >= 4 is 21.6 Å². The maximum absolute atomic E-state index is 12.8. The van der Waals surface area contributed by atoms with Gasteiger partial charge in [-0.2, -0.15) is 0 Å². The average Bonchev–Trinajstić information content (AvgIpc) is 3.57. The van der Waals surface area contributed by atoms with E-state index < -0.39 is 10.0 Å². The van der Waals surface area contributed by atoms with Gasteiger partial charge in [0, 0.05) is 30.8 Å². The lowest BCUT2D eigenvalue weighted by Gasteiger charge is -2.29. The van der Waals surface area contributed by atoms with E-state index in [0.717, 1.165) is 36.9 Å². The van der Waals surface area contributed by atoms with Crippen LogP contribution in [-0.4, -0.2) is 40.0 Å². The predicted octanol–water partition coefficient (Wildman–Crippen LogP) is 2.80. The Labute approximate surface area is 170 Å². The van der Waals surface area contributed by atoms with Crippen LogP contribution in [0.3, 0.4) is 0 Å². The van der Waals surface area contributed by atoms with Crippen molar-refractivity contribution in [2.75, 3.05) is 25.5 Å². The van der Waals surface area contributed by atoms with Gasteiger partial charge in [0.25, 0.3) is 10.0 Å². The number of sulfonamides is 1. The van der Waals surface area contributed by atoms with Crippen LogP contribution >= 0.6 is 0 Å². The number of nitrogens with one attached hydrogen (secondary N) is 1. The Morgan fingerprint density at radius 3 is 2.48 bits per heavy atom. The SMILES string of the molecule is COc1ccc(S(=O)(=O)Nc2ccc3c(c2)CN(C(=O)C2CC2)CC3)cc1OC. The topological polar surface area (TPSA) is 84.9 Å². The van der Waals surface area contributed by atoms with E-state index in [1.807, 2.05) is 17.0 Å². The fourth-order valence-corrected chi connectivity index (χ4v) is 4.66. The van der Waals surface area contributed by atoms with E-state index in [2.05, 4.69) is 4.72 Å². The average molecular weight is 416 g/mol. The van der Waals surface area contributed by atoms with Crippen molar-refractivity contribution < 1.29 is 22.7 Å². The number of carbonyl (C=O) groups is 1. The molecule has 2 aliphatic rings. The van der Waals surface area contributed by atoms with Crippen LogP contribution in [-0.2, 0) is 27.8 Å². The molecule has 8 heteroatoms. The van der Waals surface area contributed by atoms with E-state index >= 15 is 0 Å². The van der Waals surface area contributed by atoms with E-state index in [9.17, 15) is 13.2 Å². The smallest absolute Gasteiger partial charge is 0.262 e. The minimum absolute atomic E-state index is 0.0819. The Morgan fingerprint density at radius 1 is 1.03 bits per heavy atom. The van der Waals surface area contributed by atoms with Gasteiger partial charge >= 0.3 is 0 Å². The van der Waals surface area contributed by atoms with Crippen molar-refractivity contribution in [3.05, 3.63) is 47.5 Å². The molecule has 0 radical (unpaired) electrons. The van der Waals surface area contributed by atoms with Crippen molar-refractivity contribution in [3.8, 4) is 11.5 Å². The van der Waals surface area contributed by atoms with Gasteiger partial charge in [-0.05, 0) is 54.7 Å². The molecule has 1 heterocycles. The minimum Gasteiger partial charge on any atom is -0.493 e. The highest BCUT2D eigenvalue weighted by Gasteiger charge is 2.34. The Kier molecular flexibility index (Phi) is 5.12. The predicted molar refractivity (Wildman–Crippen MR) is 109 cm³/mol. The lowest BCUT2D eigenvalue weighted by Crippen LogP contribution is -2.36. The number of rotatable bonds is 6. The summed E-state index contributed by atoms with van der Waals surface area (Å²) in [4.78, 5) is 14.3. The van der Waals surface area contributed by atoms with E-state index in [1.54, 1.807) is 12.1 Å². The maximum atomic E-state index is 12.8. The minimum atomic E-state index is -3.80. The molecular weight excluding hydrogens is 392 g/mol. The van der Waals surface area contributed by atoms with Gasteiger partial charge in [0.1, 0.15) is 0 Å². The molecule has 1 amide bonds. The normalized spacial score (nSPS) is 16.1. The third kappa shape index (κ3) is 4.03. The number of benzene rings is 2. The van der Waals surface area contributed by atoms with E-state index in [-0.39, 0.29) is 16.7 Å². The van der Waals surface area contributed by atoms with Gasteiger partial charge in [-0.3, -0.25) is 9.52 Å². The van der Waals surface area contributed by atoms with Crippen LogP contribution in [0.2, 0.25) is 0 Å². The third-order valence-electron chi connectivity index (χ3n) is 5.37. The van der Waals surface area contributed by atoms with E-state index in [1.165, 1.54) is 26.4 Å². The molecule has 1 fully saturated rings. The van der Waals surface area contributed by atoms with Crippen LogP contribution in [0.5, 0.6) is 11.5 Å². The Morgan fingerprint density at radius 2 is 1.79 bits per heavy atom. The number of carbonyl (C=O) groups excluding carboxylic acids is 1. The fraction of sp³-hybridized carbons (Fsp3) is 0.381. The van der Waals surface area contributed by atoms with Gasteiger partial charge in [-0.1, -0.05) is 6.07 Å². The Balaban J connectivity index is 1.55. The summed E-state index contributed by atoms with van der Waals surface area (Å²) in [5.41, 5.74) is 2.61. The summed E-state index contributed by atoms with van der Waals surface area (Å²) in [7, 11) is -0.844. The molecule has 0 spiro atoms. The van der Waals surface area contributed by atoms with Gasteiger partial charge in [0.15, 0.2) is 11.5 Å². The zero-order valence-electron chi connectivity index (χ0n) is 16.5. The van der Waals surface area contributed by atoms with Crippen molar-refractivity contribution in [1.82, 2.24) is 4.90 Å². The van der Waals surface area contributed by atoms with Crippen LogP contribution in [0, 0.1) is 5.92 Å². The van der Waals surface area contributed by atoms with Crippen molar-refractivity contribution in [2.45, 2.75) is 30.7 Å². The highest BCUT2D eigenvalue weighted by Crippen LogP contribution is 2.34. The number of anilines is 1. The number of hydrogen-bond acceptors (Lipinski definition) is 5. The quantitative estimate of drug-likeness (QED) is 0.783. The number of nitrogens with zero attached hydrogens (tertiary/aromatic N) is 1. The molecular formula is C21H24N2O5S. The number of fused-ring (bicyclic) bond motifs is 1. The molecule has 29 heavy (non-hydrogen) atoms. The second-order valence-corrected chi connectivity index (χ2v) is 9.07. The molecule has 4 rings (SSSR count). The first-order valence-corrected chi connectivity index (χ1v) is 11.0. The molecule has 0 unspecified atom stereocenters.